The Morgan fingerprint density at radius 2 is 1.76 bits per heavy atom. The first-order chi connectivity index (χ1) is 16.1. The van der Waals surface area contributed by atoms with Crippen molar-refractivity contribution < 1.29 is 4.79 Å². The van der Waals surface area contributed by atoms with E-state index >= 15 is 0 Å². The molecule has 0 unspecified atom stereocenters. The van der Waals surface area contributed by atoms with Gasteiger partial charge in [-0.15, -0.1) is 0 Å². The van der Waals surface area contributed by atoms with Gasteiger partial charge in [-0.1, -0.05) is 12.1 Å². The molecule has 5 nitrogen and oxygen atoms in total. The average molecular weight is 442 g/mol. The van der Waals surface area contributed by atoms with Crippen molar-refractivity contribution in [1.29, 1.82) is 0 Å². The van der Waals surface area contributed by atoms with E-state index in [1.807, 2.05) is 48.8 Å². The number of pyridine rings is 2. The number of carbonyl (C=O) groups is 1. The van der Waals surface area contributed by atoms with Crippen LogP contribution in [0, 0.1) is 23.2 Å². The highest BCUT2D eigenvalue weighted by Gasteiger charge is 2.51. The second-order valence-electron chi connectivity index (χ2n) is 10.8. The number of hydrogen-bond donors (Lipinski definition) is 1. The van der Waals surface area contributed by atoms with Crippen molar-refractivity contribution in [3.8, 4) is 0 Å². The molecule has 3 aromatic rings. The highest BCUT2D eigenvalue weighted by Crippen LogP contribution is 2.61. The van der Waals surface area contributed by atoms with E-state index in [0.717, 1.165) is 40.8 Å². The molecule has 2 aromatic heterocycles. The highest BCUT2D eigenvalue weighted by atomic mass is 16.1. The lowest BCUT2D eigenvalue weighted by Crippen LogP contribution is -2.47. The Hall–Kier alpha value is -2.95. The van der Waals surface area contributed by atoms with Gasteiger partial charge in [-0.25, -0.2) is 0 Å². The molecule has 4 aliphatic rings. The summed E-state index contributed by atoms with van der Waals surface area (Å²) in [5, 5.41) is 4.64. The van der Waals surface area contributed by atoms with Gasteiger partial charge in [0.15, 0.2) is 0 Å². The standard InChI is InChI=1S/C28H31N3O2/c32-26(17-28-14-20-11-21(15-28)13-22(12-20)16-28)30-25-5-1-4-24-23(25)7-10-31(27(24)33)9-6-19-3-2-8-29-18-19/h1-5,7-8,10,18,20-22H,6,9,11-17H2,(H,30,32). The molecule has 2 heterocycles. The van der Waals surface area contributed by atoms with Crippen molar-refractivity contribution in [3.05, 3.63) is 70.9 Å². The highest BCUT2D eigenvalue weighted by molar-refractivity contribution is 6.02. The van der Waals surface area contributed by atoms with Crippen LogP contribution in [-0.4, -0.2) is 15.5 Å². The summed E-state index contributed by atoms with van der Waals surface area (Å²) in [5.74, 6) is 2.62. The molecule has 0 spiro atoms. The van der Waals surface area contributed by atoms with Crippen molar-refractivity contribution in [1.82, 2.24) is 9.55 Å². The molecule has 33 heavy (non-hydrogen) atoms. The number of nitrogens with zero attached hydrogens (tertiary/aromatic N) is 2. The summed E-state index contributed by atoms with van der Waals surface area (Å²) < 4.78 is 1.75. The van der Waals surface area contributed by atoms with Crippen molar-refractivity contribution in [2.24, 2.45) is 23.2 Å². The summed E-state index contributed by atoms with van der Waals surface area (Å²) in [7, 11) is 0. The predicted molar refractivity (Wildman–Crippen MR) is 130 cm³/mol. The molecule has 0 atom stereocenters. The van der Waals surface area contributed by atoms with Gasteiger partial charge < -0.3 is 9.88 Å². The Bertz CT molecular complexity index is 1210. The summed E-state index contributed by atoms with van der Waals surface area (Å²) in [5.41, 5.74) is 2.05. The van der Waals surface area contributed by atoms with E-state index in [-0.39, 0.29) is 16.9 Å². The molecule has 0 saturated heterocycles. The smallest absolute Gasteiger partial charge is 0.258 e. The minimum atomic E-state index is -0.0198. The minimum absolute atomic E-state index is 0.0198. The van der Waals surface area contributed by atoms with E-state index in [9.17, 15) is 9.59 Å². The van der Waals surface area contributed by atoms with Crippen LogP contribution in [0.4, 0.5) is 5.69 Å². The number of fused-ring (bicyclic) bond motifs is 1. The molecule has 4 fully saturated rings. The van der Waals surface area contributed by atoms with Crippen LogP contribution in [0.2, 0.25) is 0 Å². The van der Waals surface area contributed by atoms with Crippen LogP contribution in [0.25, 0.3) is 10.8 Å². The molecule has 7 rings (SSSR count). The molecule has 5 heteroatoms. The van der Waals surface area contributed by atoms with Gasteiger partial charge in [0.2, 0.25) is 5.91 Å². The third-order valence-corrected chi connectivity index (χ3v) is 8.36. The van der Waals surface area contributed by atoms with Gasteiger partial charge in [0.1, 0.15) is 0 Å². The van der Waals surface area contributed by atoms with Crippen LogP contribution in [-0.2, 0) is 17.8 Å². The fourth-order valence-electron chi connectivity index (χ4n) is 7.44. The van der Waals surface area contributed by atoms with Gasteiger partial charge in [-0.3, -0.25) is 14.6 Å². The van der Waals surface area contributed by atoms with Gasteiger partial charge in [0.25, 0.3) is 5.56 Å². The Morgan fingerprint density at radius 3 is 2.45 bits per heavy atom. The number of rotatable bonds is 6. The SMILES string of the molecule is O=C(CC12CC3CC(CC(C3)C1)C2)Nc1cccc2c(=O)n(CCc3cccnc3)ccc12. The van der Waals surface area contributed by atoms with Crippen molar-refractivity contribution in [2.75, 3.05) is 5.32 Å². The second kappa shape index (κ2) is 8.12. The summed E-state index contributed by atoms with van der Waals surface area (Å²) in [4.78, 5) is 30.4. The number of anilines is 1. The molecule has 4 bridgehead atoms. The zero-order chi connectivity index (χ0) is 22.4. The number of amides is 1. The molecule has 170 valence electrons. The molecular weight excluding hydrogens is 410 g/mol. The zero-order valence-corrected chi connectivity index (χ0v) is 19.0. The van der Waals surface area contributed by atoms with Crippen LogP contribution in [0.15, 0.2) is 59.8 Å². The fraction of sp³-hybridized carbons (Fsp3) is 0.464. The van der Waals surface area contributed by atoms with E-state index in [2.05, 4.69) is 10.3 Å². The van der Waals surface area contributed by atoms with Crippen LogP contribution in [0.1, 0.15) is 50.5 Å². The van der Waals surface area contributed by atoms with Crippen LogP contribution in [0.5, 0.6) is 0 Å². The zero-order valence-electron chi connectivity index (χ0n) is 19.0. The summed E-state index contributed by atoms with van der Waals surface area (Å²) in [6.07, 6.45) is 14.6. The number of aryl methyl sites for hydroxylation is 2. The Morgan fingerprint density at radius 1 is 1.00 bits per heavy atom. The third-order valence-electron chi connectivity index (χ3n) is 8.36. The number of hydrogen-bond acceptors (Lipinski definition) is 3. The van der Waals surface area contributed by atoms with E-state index in [4.69, 9.17) is 0 Å². The Balaban J connectivity index is 1.19. The van der Waals surface area contributed by atoms with E-state index in [0.29, 0.717) is 18.4 Å². The lowest BCUT2D eigenvalue weighted by atomic mass is 9.49. The van der Waals surface area contributed by atoms with Gasteiger partial charge >= 0.3 is 0 Å². The largest absolute Gasteiger partial charge is 0.325 e. The molecule has 0 radical (unpaired) electrons. The maximum atomic E-state index is 13.2. The van der Waals surface area contributed by atoms with Crippen LogP contribution >= 0.6 is 0 Å². The van der Waals surface area contributed by atoms with E-state index in [1.165, 1.54) is 38.5 Å². The third kappa shape index (κ3) is 3.98. The number of aromatic nitrogens is 2. The second-order valence-corrected chi connectivity index (χ2v) is 10.8. The topological polar surface area (TPSA) is 64.0 Å². The Kier molecular flexibility index (Phi) is 5.08. The lowest BCUT2D eigenvalue weighted by molar-refractivity contribution is -0.124. The summed E-state index contributed by atoms with van der Waals surface area (Å²) in [6.45, 7) is 0.600. The molecular formula is C28H31N3O2. The van der Waals surface area contributed by atoms with Crippen LogP contribution < -0.4 is 10.9 Å². The first kappa shape index (κ1) is 20.6. The Labute approximate surface area is 194 Å². The van der Waals surface area contributed by atoms with E-state index in [1.54, 1.807) is 10.8 Å². The molecule has 4 saturated carbocycles. The maximum absolute atomic E-state index is 13.2. The van der Waals surface area contributed by atoms with E-state index < -0.39 is 0 Å². The van der Waals surface area contributed by atoms with Gasteiger partial charge in [-0.05, 0) is 97.9 Å². The molecule has 1 amide bonds. The van der Waals surface area contributed by atoms with Crippen molar-refractivity contribution in [2.45, 2.75) is 57.9 Å². The van der Waals surface area contributed by atoms with Gasteiger partial charge in [-0.2, -0.15) is 0 Å². The minimum Gasteiger partial charge on any atom is -0.325 e. The normalized spacial score (nSPS) is 27.7. The quantitative estimate of drug-likeness (QED) is 0.573. The fourth-order valence-corrected chi connectivity index (χ4v) is 7.44. The van der Waals surface area contributed by atoms with Gasteiger partial charge in [0, 0.05) is 48.0 Å². The van der Waals surface area contributed by atoms with Crippen molar-refractivity contribution in [3.63, 3.8) is 0 Å². The number of carbonyl (C=O) groups excluding carboxylic acids is 1. The average Bonchev–Trinajstić information content (AvgIpc) is 2.78. The number of nitrogens with one attached hydrogen (secondary N) is 1. The maximum Gasteiger partial charge on any atom is 0.258 e. The molecule has 0 aliphatic heterocycles. The first-order valence-corrected chi connectivity index (χ1v) is 12.4. The summed E-state index contributed by atoms with van der Waals surface area (Å²) in [6, 6.07) is 11.5. The predicted octanol–water partition coefficient (Wildman–Crippen LogP) is 5.18. The molecule has 1 aromatic carbocycles. The lowest BCUT2D eigenvalue weighted by Gasteiger charge is -2.56. The van der Waals surface area contributed by atoms with Crippen molar-refractivity contribution >= 4 is 22.4 Å². The monoisotopic (exact) mass is 441 g/mol. The molecule has 4 aliphatic carbocycles. The first-order valence-electron chi connectivity index (χ1n) is 12.4. The number of benzene rings is 1. The summed E-state index contributed by atoms with van der Waals surface area (Å²) >= 11 is 0. The van der Waals surface area contributed by atoms with Gasteiger partial charge in [0.05, 0.1) is 0 Å². The van der Waals surface area contributed by atoms with Crippen LogP contribution in [0.3, 0.4) is 0 Å². The molecule has 1 N–H and O–H groups in total.